The van der Waals surface area contributed by atoms with E-state index in [1.54, 1.807) is 0 Å². The van der Waals surface area contributed by atoms with Crippen LogP contribution in [0.3, 0.4) is 0 Å². The lowest BCUT2D eigenvalue weighted by atomic mass is 10.1. The van der Waals surface area contributed by atoms with Crippen LogP contribution >= 0.6 is 11.3 Å². The van der Waals surface area contributed by atoms with E-state index >= 15 is 0 Å². The van der Waals surface area contributed by atoms with Crippen molar-refractivity contribution in [2.24, 2.45) is 0 Å². The predicted molar refractivity (Wildman–Crippen MR) is 61.1 cm³/mol. The second-order valence-corrected chi connectivity index (χ2v) is 3.77. The van der Waals surface area contributed by atoms with Crippen LogP contribution in [0.1, 0.15) is 48.8 Å². The van der Waals surface area contributed by atoms with Crippen LogP contribution in [0.2, 0.25) is 0 Å². The van der Waals surface area contributed by atoms with E-state index in [4.69, 9.17) is 0 Å². The molecule has 1 rings (SSSR count). The first kappa shape index (κ1) is 13.2. The van der Waals surface area contributed by atoms with E-state index in [1.807, 2.05) is 25.3 Å². The minimum Gasteiger partial charge on any atom is -0.465 e. The van der Waals surface area contributed by atoms with E-state index < -0.39 is 0 Å². The summed E-state index contributed by atoms with van der Waals surface area (Å²) in [5.41, 5.74) is 1.08. The van der Waals surface area contributed by atoms with Crippen molar-refractivity contribution in [3.63, 3.8) is 0 Å². The van der Waals surface area contributed by atoms with Crippen molar-refractivity contribution in [1.29, 1.82) is 0 Å². The maximum atomic E-state index is 11.2. The molecule has 1 heterocycles. The highest BCUT2D eigenvalue weighted by molar-refractivity contribution is 7.12. The number of carbonyl (C=O) groups excluding carboxylic acids is 1. The molecule has 0 aliphatic heterocycles. The van der Waals surface area contributed by atoms with Crippen LogP contribution in [-0.4, -0.2) is 13.1 Å². The van der Waals surface area contributed by atoms with Gasteiger partial charge in [0.2, 0.25) is 0 Å². The van der Waals surface area contributed by atoms with E-state index in [1.165, 1.54) is 18.4 Å². The van der Waals surface area contributed by atoms with Gasteiger partial charge in [0.25, 0.3) is 0 Å². The fourth-order valence-corrected chi connectivity index (χ4v) is 2.00. The Morgan fingerprint density at radius 3 is 2.43 bits per heavy atom. The third kappa shape index (κ3) is 3.14. The molecule has 0 unspecified atom stereocenters. The topological polar surface area (TPSA) is 26.3 Å². The molecular weight excluding hydrogens is 196 g/mol. The first-order chi connectivity index (χ1) is 6.66. The van der Waals surface area contributed by atoms with Crippen molar-refractivity contribution in [3.8, 4) is 0 Å². The van der Waals surface area contributed by atoms with Crippen molar-refractivity contribution in [2.75, 3.05) is 7.11 Å². The van der Waals surface area contributed by atoms with Gasteiger partial charge in [-0.3, -0.25) is 0 Å². The molecule has 3 heteroatoms. The molecule has 1 aromatic heterocycles. The monoisotopic (exact) mass is 214 g/mol. The molecule has 14 heavy (non-hydrogen) atoms. The standard InChI is InChI=1S/C9H12O2S.C2H6/c1-6(2)7-4-5-12-8(7)9(10)11-3;1-2/h4-6H,1-3H3;1-2H3. The number of esters is 1. The summed E-state index contributed by atoms with van der Waals surface area (Å²) in [6.07, 6.45) is 0. The van der Waals surface area contributed by atoms with E-state index in [-0.39, 0.29) is 5.97 Å². The van der Waals surface area contributed by atoms with Crippen LogP contribution < -0.4 is 0 Å². The summed E-state index contributed by atoms with van der Waals surface area (Å²) < 4.78 is 4.66. The Labute approximate surface area is 89.9 Å². The van der Waals surface area contributed by atoms with Crippen LogP contribution in [0.15, 0.2) is 11.4 Å². The molecule has 0 bridgehead atoms. The average molecular weight is 214 g/mol. The first-order valence-electron chi connectivity index (χ1n) is 4.82. The lowest BCUT2D eigenvalue weighted by molar-refractivity contribution is 0.0605. The third-order valence-electron chi connectivity index (χ3n) is 1.69. The highest BCUT2D eigenvalue weighted by atomic mass is 32.1. The summed E-state index contributed by atoms with van der Waals surface area (Å²) >= 11 is 1.44. The van der Waals surface area contributed by atoms with Gasteiger partial charge in [0.15, 0.2) is 0 Å². The van der Waals surface area contributed by atoms with E-state index in [2.05, 4.69) is 18.6 Å². The van der Waals surface area contributed by atoms with E-state index in [9.17, 15) is 4.79 Å². The Kier molecular flexibility index (Phi) is 6.21. The van der Waals surface area contributed by atoms with Gasteiger partial charge in [-0.05, 0) is 22.9 Å². The molecule has 0 aliphatic rings. The second-order valence-electron chi connectivity index (χ2n) is 2.85. The lowest BCUT2D eigenvalue weighted by Crippen LogP contribution is -2.02. The molecule has 0 fully saturated rings. The number of hydrogen-bond acceptors (Lipinski definition) is 3. The van der Waals surface area contributed by atoms with Crippen LogP contribution in [0.4, 0.5) is 0 Å². The summed E-state index contributed by atoms with van der Waals surface area (Å²) in [5.74, 6) is 0.152. The molecule has 0 amide bonds. The first-order valence-corrected chi connectivity index (χ1v) is 5.70. The maximum Gasteiger partial charge on any atom is 0.348 e. The molecule has 0 radical (unpaired) electrons. The van der Waals surface area contributed by atoms with E-state index in [0.29, 0.717) is 5.92 Å². The number of carbonyl (C=O) groups is 1. The highest BCUT2D eigenvalue weighted by Gasteiger charge is 2.14. The molecule has 0 N–H and O–H groups in total. The van der Waals surface area contributed by atoms with Crippen LogP contribution in [0.25, 0.3) is 0 Å². The normalized spacial score (nSPS) is 9.29. The number of rotatable bonds is 2. The van der Waals surface area contributed by atoms with Crippen LogP contribution in [-0.2, 0) is 4.74 Å². The van der Waals surface area contributed by atoms with E-state index in [0.717, 1.165) is 10.4 Å². The van der Waals surface area contributed by atoms with Gasteiger partial charge in [0.05, 0.1) is 7.11 Å². The summed E-state index contributed by atoms with van der Waals surface area (Å²) in [6.45, 7) is 8.13. The van der Waals surface area contributed by atoms with Gasteiger partial charge in [-0.1, -0.05) is 27.7 Å². The zero-order chi connectivity index (χ0) is 11.1. The summed E-state index contributed by atoms with van der Waals surface area (Å²) in [6, 6.07) is 1.97. The highest BCUT2D eigenvalue weighted by Crippen LogP contribution is 2.24. The SMILES string of the molecule is CC.COC(=O)c1sccc1C(C)C. The maximum absolute atomic E-state index is 11.2. The number of ether oxygens (including phenoxy) is 1. The fraction of sp³-hybridized carbons (Fsp3) is 0.545. The molecule has 0 saturated heterocycles. The van der Waals surface area contributed by atoms with Crippen LogP contribution in [0, 0.1) is 0 Å². The zero-order valence-electron chi connectivity index (χ0n) is 9.46. The summed E-state index contributed by atoms with van der Waals surface area (Å²) in [7, 11) is 1.41. The Hall–Kier alpha value is -0.830. The molecule has 0 atom stereocenters. The zero-order valence-corrected chi connectivity index (χ0v) is 10.3. The molecule has 0 spiro atoms. The van der Waals surface area contributed by atoms with Gasteiger partial charge < -0.3 is 4.74 Å². The Balaban J connectivity index is 0.000000791. The van der Waals surface area contributed by atoms with Gasteiger partial charge in [0.1, 0.15) is 4.88 Å². The smallest absolute Gasteiger partial charge is 0.348 e. The van der Waals surface area contributed by atoms with Gasteiger partial charge in [0, 0.05) is 0 Å². The summed E-state index contributed by atoms with van der Waals surface area (Å²) in [4.78, 5) is 11.9. The summed E-state index contributed by atoms with van der Waals surface area (Å²) in [5, 5.41) is 1.92. The van der Waals surface area contributed by atoms with Crippen molar-refractivity contribution < 1.29 is 9.53 Å². The lowest BCUT2D eigenvalue weighted by Gasteiger charge is -2.04. The van der Waals surface area contributed by atoms with Crippen molar-refractivity contribution in [1.82, 2.24) is 0 Å². The number of thiophene rings is 1. The third-order valence-corrected chi connectivity index (χ3v) is 2.60. The van der Waals surface area contributed by atoms with Gasteiger partial charge in [-0.25, -0.2) is 4.79 Å². The van der Waals surface area contributed by atoms with Crippen LogP contribution in [0.5, 0.6) is 0 Å². The minimum absolute atomic E-state index is 0.228. The number of methoxy groups -OCH3 is 1. The Morgan fingerprint density at radius 2 is 2.00 bits per heavy atom. The van der Waals surface area contributed by atoms with Gasteiger partial charge in [-0.15, -0.1) is 11.3 Å². The fourth-order valence-electron chi connectivity index (χ4n) is 1.03. The van der Waals surface area contributed by atoms with Crippen molar-refractivity contribution >= 4 is 17.3 Å². The average Bonchev–Trinajstić information content (AvgIpc) is 2.68. The Morgan fingerprint density at radius 1 is 1.43 bits per heavy atom. The molecule has 0 aliphatic carbocycles. The van der Waals surface area contributed by atoms with Crippen molar-refractivity contribution in [2.45, 2.75) is 33.6 Å². The Bertz CT molecular complexity index is 277. The van der Waals surface area contributed by atoms with Gasteiger partial charge in [-0.2, -0.15) is 0 Å². The predicted octanol–water partition coefficient (Wildman–Crippen LogP) is 3.68. The quantitative estimate of drug-likeness (QED) is 0.702. The molecule has 2 nitrogen and oxygen atoms in total. The molecule has 80 valence electrons. The number of hydrogen-bond donors (Lipinski definition) is 0. The molecule has 0 aromatic carbocycles. The molecule has 0 saturated carbocycles. The molecule has 1 aromatic rings. The van der Waals surface area contributed by atoms with Crippen molar-refractivity contribution in [3.05, 3.63) is 21.9 Å². The molecular formula is C11H18O2S. The second kappa shape index (κ2) is 6.60. The minimum atomic E-state index is -0.228. The van der Waals surface area contributed by atoms with Gasteiger partial charge >= 0.3 is 5.97 Å². The largest absolute Gasteiger partial charge is 0.465 e.